The van der Waals surface area contributed by atoms with Crippen molar-refractivity contribution in [3.63, 3.8) is 0 Å². The Bertz CT molecular complexity index is 872. The summed E-state index contributed by atoms with van der Waals surface area (Å²) in [7, 11) is 1.62. The lowest BCUT2D eigenvalue weighted by Crippen LogP contribution is -2.37. The molecule has 7 nitrogen and oxygen atoms in total. The van der Waals surface area contributed by atoms with E-state index in [2.05, 4.69) is 10.1 Å². The van der Waals surface area contributed by atoms with Gasteiger partial charge in [-0.1, -0.05) is 19.1 Å². The van der Waals surface area contributed by atoms with Gasteiger partial charge in [0.25, 0.3) is 5.56 Å². The average Bonchev–Trinajstić information content (AvgIpc) is 2.64. The third-order valence-corrected chi connectivity index (χ3v) is 4.27. The van der Waals surface area contributed by atoms with Crippen LogP contribution in [-0.2, 0) is 16.1 Å². The van der Waals surface area contributed by atoms with Crippen LogP contribution in [0.3, 0.4) is 0 Å². The number of nitrogens with zero attached hydrogens (tertiary/aromatic N) is 4. The van der Waals surface area contributed by atoms with Gasteiger partial charge in [0.1, 0.15) is 0 Å². The summed E-state index contributed by atoms with van der Waals surface area (Å²) >= 11 is 0. The van der Waals surface area contributed by atoms with Crippen molar-refractivity contribution in [2.45, 2.75) is 39.2 Å². The third kappa shape index (κ3) is 3.46. The Morgan fingerprint density at radius 3 is 2.76 bits per heavy atom. The number of carbonyl (C=O) groups is 1. The number of fused-ring (bicyclic) bond motifs is 1. The van der Waals surface area contributed by atoms with E-state index in [-0.39, 0.29) is 17.4 Å². The molecule has 1 aliphatic rings. The number of ether oxygens (including phenoxy) is 1. The molecule has 7 heteroatoms. The van der Waals surface area contributed by atoms with Crippen molar-refractivity contribution < 1.29 is 9.53 Å². The summed E-state index contributed by atoms with van der Waals surface area (Å²) in [6, 6.07) is 7.16. The molecule has 1 aromatic heterocycles. The zero-order valence-electron chi connectivity index (χ0n) is 14.6. The topological polar surface area (TPSA) is 76.8 Å². The molecule has 0 atom stereocenters. The van der Waals surface area contributed by atoms with Gasteiger partial charge in [-0.25, -0.2) is 4.98 Å². The molecule has 0 fully saturated rings. The lowest BCUT2D eigenvalue weighted by atomic mass is 10.1. The van der Waals surface area contributed by atoms with E-state index >= 15 is 0 Å². The van der Waals surface area contributed by atoms with Gasteiger partial charge in [-0.05, 0) is 31.4 Å². The second kappa shape index (κ2) is 7.57. The number of hydrazone groups is 1. The van der Waals surface area contributed by atoms with Crippen LogP contribution in [0.2, 0.25) is 0 Å². The first kappa shape index (κ1) is 17.3. The smallest absolute Gasteiger partial charge is 0.262 e. The molecule has 2 heterocycles. The van der Waals surface area contributed by atoms with Gasteiger partial charge in [-0.3, -0.25) is 14.2 Å². The summed E-state index contributed by atoms with van der Waals surface area (Å²) in [5.74, 6) is 0.148. The first-order chi connectivity index (χ1) is 12.2. The summed E-state index contributed by atoms with van der Waals surface area (Å²) in [4.78, 5) is 29.9. The highest BCUT2D eigenvalue weighted by molar-refractivity contribution is 6.01. The van der Waals surface area contributed by atoms with Crippen molar-refractivity contribution in [2.24, 2.45) is 5.10 Å². The van der Waals surface area contributed by atoms with Gasteiger partial charge in [0.05, 0.1) is 10.9 Å². The standard InChI is InChI=1S/C18H22N4O3/c1-3-13-9-10-16(23)22(20-13)18-19-15-8-5-4-7-14(15)17(24)21(18)11-6-12-25-2/h4-5,7-8H,3,6,9-12H2,1-2H3. The van der Waals surface area contributed by atoms with Gasteiger partial charge >= 0.3 is 0 Å². The van der Waals surface area contributed by atoms with E-state index < -0.39 is 0 Å². The number of hydrogen-bond donors (Lipinski definition) is 0. The Kier molecular flexibility index (Phi) is 5.23. The number of aromatic nitrogens is 2. The minimum absolute atomic E-state index is 0.139. The van der Waals surface area contributed by atoms with E-state index in [1.165, 1.54) is 9.58 Å². The molecule has 0 bridgehead atoms. The minimum Gasteiger partial charge on any atom is -0.385 e. The van der Waals surface area contributed by atoms with Crippen LogP contribution in [-0.4, -0.2) is 34.9 Å². The van der Waals surface area contributed by atoms with Crippen molar-refractivity contribution >= 4 is 28.5 Å². The predicted octanol–water partition coefficient (Wildman–Crippen LogP) is 2.33. The van der Waals surface area contributed by atoms with Gasteiger partial charge in [0, 0.05) is 32.4 Å². The monoisotopic (exact) mass is 342 g/mol. The molecule has 0 spiro atoms. The van der Waals surface area contributed by atoms with E-state index in [0.717, 1.165) is 12.1 Å². The first-order valence-electron chi connectivity index (χ1n) is 8.53. The lowest BCUT2D eigenvalue weighted by Gasteiger charge is -2.25. The molecule has 132 valence electrons. The molecule has 0 N–H and O–H groups in total. The molecule has 0 aliphatic carbocycles. The molecule has 1 amide bonds. The van der Waals surface area contributed by atoms with Gasteiger partial charge in [0.15, 0.2) is 0 Å². The van der Waals surface area contributed by atoms with Crippen molar-refractivity contribution in [3.8, 4) is 0 Å². The maximum absolute atomic E-state index is 12.9. The van der Waals surface area contributed by atoms with Gasteiger partial charge in [0.2, 0.25) is 11.9 Å². The van der Waals surface area contributed by atoms with Crippen molar-refractivity contribution in [3.05, 3.63) is 34.6 Å². The van der Waals surface area contributed by atoms with Crippen LogP contribution in [0.4, 0.5) is 5.95 Å². The summed E-state index contributed by atoms with van der Waals surface area (Å²) in [5.41, 5.74) is 1.34. The van der Waals surface area contributed by atoms with Crippen LogP contribution >= 0.6 is 0 Å². The number of hydrogen-bond acceptors (Lipinski definition) is 5. The number of para-hydroxylation sites is 1. The van der Waals surface area contributed by atoms with Crippen LogP contribution in [0.1, 0.15) is 32.6 Å². The maximum atomic E-state index is 12.9. The molecule has 2 aromatic rings. The van der Waals surface area contributed by atoms with Crippen molar-refractivity contribution in [1.29, 1.82) is 0 Å². The Balaban J connectivity index is 2.16. The van der Waals surface area contributed by atoms with Gasteiger partial charge in [-0.15, -0.1) is 0 Å². The first-order valence-corrected chi connectivity index (χ1v) is 8.53. The number of amides is 1. The fraction of sp³-hybridized carbons (Fsp3) is 0.444. The van der Waals surface area contributed by atoms with E-state index in [1.54, 1.807) is 19.2 Å². The third-order valence-electron chi connectivity index (χ3n) is 4.27. The van der Waals surface area contributed by atoms with Gasteiger partial charge < -0.3 is 4.74 Å². The van der Waals surface area contributed by atoms with Crippen molar-refractivity contribution in [1.82, 2.24) is 9.55 Å². The van der Waals surface area contributed by atoms with Crippen LogP contribution < -0.4 is 10.6 Å². The second-order valence-electron chi connectivity index (χ2n) is 5.96. The molecular formula is C18H22N4O3. The zero-order valence-corrected chi connectivity index (χ0v) is 14.6. The van der Waals surface area contributed by atoms with Crippen LogP contribution in [0.25, 0.3) is 10.9 Å². The summed E-state index contributed by atoms with van der Waals surface area (Å²) in [6.45, 7) is 2.95. The highest BCUT2D eigenvalue weighted by Gasteiger charge is 2.26. The van der Waals surface area contributed by atoms with Crippen LogP contribution in [0.5, 0.6) is 0 Å². The molecule has 0 unspecified atom stereocenters. The molecule has 1 aromatic carbocycles. The molecule has 0 radical (unpaired) electrons. The van der Waals surface area contributed by atoms with E-state index in [1.807, 2.05) is 19.1 Å². The van der Waals surface area contributed by atoms with E-state index in [4.69, 9.17) is 4.74 Å². The molecule has 0 saturated heterocycles. The molecule has 0 saturated carbocycles. The fourth-order valence-electron chi connectivity index (χ4n) is 2.89. The number of anilines is 1. The highest BCUT2D eigenvalue weighted by atomic mass is 16.5. The molecule has 1 aliphatic heterocycles. The summed E-state index contributed by atoms with van der Waals surface area (Å²) in [5, 5.41) is 6.26. The Labute approximate surface area is 145 Å². The fourth-order valence-corrected chi connectivity index (χ4v) is 2.89. The lowest BCUT2D eigenvalue weighted by molar-refractivity contribution is -0.118. The minimum atomic E-state index is -0.164. The zero-order chi connectivity index (χ0) is 17.8. The predicted molar refractivity (Wildman–Crippen MR) is 96.9 cm³/mol. The Hall–Kier alpha value is -2.54. The van der Waals surface area contributed by atoms with E-state index in [9.17, 15) is 9.59 Å². The highest BCUT2D eigenvalue weighted by Crippen LogP contribution is 2.21. The number of carbonyl (C=O) groups excluding carboxylic acids is 1. The SMILES string of the molecule is CCC1=NN(c2nc3ccccc3c(=O)n2CCCOC)C(=O)CC1. The molecule has 25 heavy (non-hydrogen) atoms. The van der Waals surface area contributed by atoms with Crippen LogP contribution in [0.15, 0.2) is 34.2 Å². The largest absolute Gasteiger partial charge is 0.385 e. The van der Waals surface area contributed by atoms with E-state index in [0.29, 0.717) is 43.3 Å². The average molecular weight is 342 g/mol. The van der Waals surface area contributed by atoms with Gasteiger partial charge in [-0.2, -0.15) is 10.1 Å². The number of benzene rings is 1. The quantitative estimate of drug-likeness (QED) is 0.755. The summed E-state index contributed by atoms with van der Waals surface area (Å²) < 4.78 is 6.62. The number of rotatable bonds is 6. The van der Waals surface area contributed by atoms with Crippen LogP contribution in [0, 0.1) is 0 Å². The number of methoxy groups -OCH3 is 1. The maximum Gasteiger partial charge on any atom is 0.262 e. The Morgan fingerprint density at radius 1 is 1.20 bits per heavy atom. The Morgan fingerprint density at radius 2 is 2.00 bits per heavy atom. The summed E-state index contributed by atoms with van der Waals surface area (Å²) in [6.07, 6.45) is 2.46. The normalized spacial score (nSPS) is 14.9. The molecular weight excluding hydrogens is 320 g/mol. The molecule has 3 rings (SSSR count). The second-order valence-corrected chi connectivity index (χ2v) is 5.96. The van der Waals surface area contributed by atoms with Crippen molar-refractivity contribution in [2.75, 3.05) is 18.7 Å².